The van der Waals surface area contributed by atoms with Crippen LogP contribution in [0, 0.1) is 0 Å². The van der Waals surface area contributed by atoms with Crippen LogP contribution in [-0.4, -0.2) is 56.4 Å². The number of nitrogens with zero attached hydrogens (tertiary/aromatic N) is 5. The molecule has 1 unspecified atom stereocenters. The highest BCUT2D eigenvalue weighted by Gasteiger charge is 2.28. The van der Waals surface area contributed by atoms with E-state index in [0.29, 0.717) is 12.6 Å². The highest BCUT2D eigenvalue weighted by atomic mass is 16.2. The zero-order valence-corrected chi connectivity index (χ0v) is 14.5. The van der Waals surface area contributed by atoms with Crippen molar-refractivity contribution >= 4 is 5.91 Å². The second-order valence-electron chi connectivity index (χ2n) is 7.08. The van der Waals surface area contributed by atoms with Crippen molar-refractivity contribution in [1.82, 2.24) is 24.8 Å². The Morgan fingerprint density at radius 1 is 1.16 bits per heavy atom. The van der Waals surface area contributed by atoms with E-state index < -0.39 is 0 Å². The molecule has 1 aromatic carbocycles. The fourth-order valence-electron chi connectivity index (χ4n) is 4.00. The fraction of sp³-hybridized carbons (Fsp3) is 0.526. The average Bonchev–Trinajstić information content (AvgIpc) is 3.16. The topological polar surface area (TPSA) is 54.3 Å². The molecular weight excluding hydrogens is 314 g/mol. The van der Waals surface area contributed by atoms with Crippen LogP contribution in [0.3, 0.4) is 0 Å². The minimum absolute atomic E-state index is 0.250. The van der Waals surface area contributed by atoms with Gasteiger partial charge >= 0.3 is 0 Å². The van der Waals surface area contributed by atoms with Gasteiger partial charge in [0.05, 0.1) is 19.3 Å². The Bertz CT molecular complexity index is 714. The van der Waals surface area contributed by atoms with E-state index in [4.69, 9.17) is 0 Å². The van der Waals surface area contributed by atoms with E-state index in [1.54, 1.807) is 6.20 Å². The maximum Gasteiger partial charge on any atom is 0.237 e. The molecule has 1 atom stereocenters. The third-order valence-corrected chi connectivity index (χ3v) is 5.44. The molecule has 0 N–H and O–H groups in total. The molecule has 3 heterocycles. The van der Waals surface area contributed by atoms with Gasteiger partial charge in [-0.3, -0.25) is 14.4 Å². The van der Waals surface area contributed by atoms with Crippen molar-refractivity contribution < 1.29 is 4.79 Å². The number of likely N-dealkylation sites (tertiary alicyclic amines) is 1. The Morgan fingerprint density at radius 2 is 2.04 bits per heavy atom. The minimum Gasteiger partial charge on any atom is -0.337 e. The number of carbonyl (C=O) groups excluding carboxylic acids is 1. The lowest BCUT2D eigenvalue weighted by atomic mass is 9.99. The maximum absolute atomic E-state index is 12.9. The van der Waals surface area contributed by atoms with Crippen molar-refractivity contribution in [1.29, 1.82) is 0 Å². The van der Waals surface area contributed by atoms with Crippen LogP contribution in [0.4, 0.5) is 0 Å². The first-order chi connectivity index (χ1) is 12.3. The molecule has 0 saturated carbocycles. The second kappa shape index (κ2) is 7.35. The molecule has 0 radical (unpaired) electrons. The summed E-state index contributed by atoms with van der Waals surface area (Å²) in [7, 11) is 0. The molecule has 4 rings (SSSR count). The van der Waals surface area contributed by atoms with Gasteiger partial charge in [-0.1, -0.05) is 35.9 Å². The van der Waals surface area contributed by atoms with Crippen molar-refractivity contribution in [3.63, 3.8) is 0 Å². The molecular formula is C19H25N5O. The maximum atomic E-state index is 12.9. The molecule has 1 saturated heterocycles. The predicted octanol–water partition coefficient (Wildman–Crippen LogP) is 1.72. The van der Waals surface area contributed by atoms with Gasteiger partial charge in [-0.05, 0) is 36.9 Å². The molecule has 0 spiro atoms. The number of aromatic nitrogens is 3. The molecule has 0 bridgehead atoms. The van der Waals surface area contributed by atoms with Gasteiger partial charge in [-0.15, -0.1) is 5.10 Å². The minimum atomic E-state index is 0.250. The summed E-state index contributed by atoms with van der Waals surface area (Å²) in [5.41, 5.74) is 2.67. The number of hydrogen-bond acceptors (Lipinski definition) is 4. The molecule has 1 aromatic heterocycles. The SMILES string of the molecule is O=C(CN1CCCCC1Cn1ccnn1)N1CCc2ccccc2C1. The number of rotatable bonds is 4. The van der Waals surface area contributed by atoms with Crippen LogP contribution in [0.5, 0.6) is 0 Å². The van der Waals surface area contributed by atoms with Gasteiger partial charge in [0.1, 0.15) is 0 Å². The molecule has 6 heteroatoms. The van der Waals surface area contributed by atoms with Crippen molar-refractivity contribution in [3.05, 3.63) is 47.8 Å². The highest BCUT2D eigenvalue weighted by Crippen LogP contribution is 2.21. The summed E-state index contributed by atoms with van der Waals surface area (Å²) in [6, 6.07) is 8.83. The Kier molecular flexibility index (Phi) is 4.78. The fourth-order valence-corrected chi connectivity index (χ4v) is 4.00. The molecule has 1 amide bonds. The number of amides is 1. The van der Waals surface area contributed by atoms with E-state index in [0.717, 1.165) is 39.0 Å². The van der Waals surface area contributed by atoms with Gasteiger partial charge < -0.3 is 4.90 Å². The van der Waals surface area contributed by atoms with Gasteiger partial charge in [0.25, 0.3) is 0 Å². The normalized spacial score (nSPS) is 21.1. The first kappa shape index (κ1) is 16.3. The van der Waals surface area contributed by atoms with Crippen molar-refractivity contribution in [3.8, 4) is 0 Å². The summed E-state index contributed by atoms with van der Waals surface area (Å²) in [5, 5.41) is 7.97. The van der Waals surface area contributed by atoms with Crippen LogP contribution < -0.4 is 0 Å². The molecule has 0 aliphatic carbocycles. The number of hydrogen-bond donors (Lipinski definition) is 0. The largest absolute Gasteiger partial charge is 0.337 e. The van der Waals surface area contributed by atoms with Crippen molar-refractivity contribution in [2.45, 2.75) is 44.8 Å². The number of benzene rings is 1. The third kappa shape index (κ3) is 3.74. The molecule has 25 heavy (non-hydrogen) atoms. The number of carbonyl (C=O) groups is 1. The van der Waals surface area contributed by atoms with Gasteiger partial charge in [-0.25, -0.2) is 0 Å². The summed E-state index contributed by atoms with van der Waals surface area (Å²) in [6.07, 6.45) is 8.09. The lowest BCUT2D eigenvalue weighted by Gasteiger charge is -2.37. The summed E-state index contributed by atoms with van der Waals surface area (Å²) in [4.78, 5) is 17.2. The molecule has 1 fully saturated rings. The first-order valence-corrected chi connectivity index (χ1v) is 9.22. The van der Waals surface area contributed by atoms with Crippen molar-refractivity contribution in [2.24, 2.45) is 0 Å². The first-order valence-electron chi connectivity index (χ1n) is 9.22. The van der Waals surface area contributed by atoms with Gasteiger partial charge in [0, 0.05) is 25.3 Å². The zero-order chi connectivity index (χ0) is 17.1. The summed E-state index contributed by atoms with van der Waals surface area (Å²) >= 11 is 0. The van der Waals surface area contributed by atoms with E-state index in [1.165, 1.54) is 24.0 Å². The van der Waals surface area contributed by atoms with E-state index in [2.05, 4.69) is 39.5 Å². The Morgan fingerprint density at radius 3 is 2.88 bits per heavy atom. The van der Waals surface area contributed by atoms with Gasteiger partial charge in [0.2, 0.25) is 5.91 Å². The van der Waals surface area contributed by atoms with Gasteiger partial charge in [-0.2, -0.15) is 0 Å². The third-order valence-electron chi connectivity index (χ3n) is 5.44. The van der Waals surface area contributed by atoms with Crippen LogP contribution in [0.25, 0.3) is 0 Å². The van der Waals surface area contributed by atoms with Crippen LogP contribution in [0.1, 0.15) is 30.4 Å². The Balaban J connectivity index is 1.39. The van der Waals surface area contributed by atoms with Crippen LogP contribution in [0.15, 0.2) is 36.7 Å². The zero-order valence-electron chi connectivity index (χ0n) is 14.5. The molecule has 2 aromatic rings. The van der Waals surface area contributed by atoms with E-state index in [1.807, 2.05) is 15.8 Å². The van der Waals surface area contributed by atoms with Crippen LogP contribution in [-0.2, 0) is 24.3 Å². The summed E-state index contributed by atoms with van der Waals surface area (Å²) in [5.74, 6) is 0.250. The highest BCUT2D eigenvalue weighted by molar-refractivity contribution is 5.78. The summed E-state index contributed by atoms with van der Waals surface area (Å²) < 4.78 is 1.88. The van der Waals surface area contributed by atoms with Crippen LogP contribution in [0.2, 0.25) is 0 Å². The van der Waals surface area contributed by atoms with Crippen LogP contribution >= 0.6 is 0 Å². The lowest BCUT2D eigenvalue weighted by Crippen LogP contribution is -2.49. The van der Waals surface area contributed by atoms with E-state index in [-0.39, 0.29) is 5.91 Å². The average molecular weight is 339 g/mol. The van der Waals surface area contributed by atoms with E-state index in [9.17, 15) is 4.79 Å². The standard InChI is InChI=1S/C19H25N5O/c25-19(23-11-8-16-5-1-2-6-17(16)13-23)15-22-10-4-3-7-18(22)14-24-12-9-20-21-24/h1-2,5-6,9,12,18H,3-4,7-8,10-11,13-15H2. The molecule has 2 aliphatic heterocycles. The summed E-state index contributed by atoms with van der Waals surface area (Å²) in [6.45, 7) is 3.90. The molecule has 6 nitrogen and oxygen atoms in total. The Labute approximate surface area is 148 Å². The van der Waals surface area contributed by atoms with Crippen molar-refractivity contribution in [2.75, 3.05) is 19.6 Å². The second-order valence-corrected chi connectivity index (χ2v) is 7.08. The molecule has 132 valence electrons. The van der Waals surface area contributed by atoms with E-state index >= 15 is 0 Å². The predicted molar refractivity (Wildman–Crippen MR) is 94.8 cm³/mol. The molecule has 2 aliphatic rings. The Hall–Kier alpha value is -2.21. The monoisotopic (exact) mass is 339 g/mol. The van der Waals surface area contributed by atoms with Gasteiger partial charge in [0.15, 0.2) is 0 Å². The number of fused-ring (bicyclic) bond motifs is 1. The smallest absolute Gasteiger partial charge is 0.237 e. The lowest BCUT2D eigenvalue weighted by molar-refractivity contribution is -0.134. The quantitative estimate of drug-likeness (QED) is 0.851. The number of piperidine rings is 1.